The summed E-state index contributed by atoms with van der Waals surface area (Å²) >= 11 is 0. The van der Waals surface area contributed by atoms with Crippen molar-refractivity contribution in [3.8, 4) is 0 Å². The molecule has 4 aliphatic rings. The van der Waals surface area contributed by atoms with Crippen molar-refractivity contribution in [2.45, 2.75) is 76.8 Å². The maximum absolute atomic E-state index is 12.8. The normalized spacial score (nSPS) is 52.5. The first-order chi connectivity index (χ1) is 9.66. The van der Waals surface area contributed by atoms with E-state index >= 15 is 0 Å². The Morgan fingerprint density at radius 1 is 1.19 bits per heavy atom. The molecule has 4 rings (SSSR count). The van der Waals surface area contributed by atoms with Gasteiger partial charge in [-0.1, -0.05) is 13.8 Å². The molecule has 2 unspecified atom stereocenters. The molecule has 21 heavy (non-hydrogen) atoms. The summed E-state index contributed by atoms with van der Waals surface area (Å²) in [5.74, 6) is -0.651. The number of hydrogen-bond donors (Lipinski definition) is 0. The first kappa shape index (κ1) is 13.6. The van der Waals surface area contributed by atoms with Gasteiger partial charge in [0.25, 0.3) is 0 Å². The molecule has 2 aliphatic carbocycles. The molecular formula is C16H22O5. The average Bonchev–Trinajstić information content (AvgIpc) is 2.87. The molecule has 0 N–H and O–H groups in total. The lowest BCUT2D eigenvalue weighted by atomic mass is 9.66. The minimum atomic E-state index is -1.12. The van der Waals surface area contributed by atoms with Crippen molar-refractivity contribution in [3.63, 3.8) is 0 Å². The van der Waals surface area contributed by atoms with E-state index in [4.69, 9.17) is 14.2 Å². The lowest BCUT2D eigenvalue weighted by Crippen LogP contribution is -2.50. The maximum Gasteiger partial charge on any atom is 0.351 e. The first-order valence-corrected chi connectivity index (χ1v) is 7.79. The maximum atomic E-state index is 12.8. The zero-order valence-electron chi connectivity index (χ0n) is 13.0. The van der Waals surface area contributed by atoms with Gasteiger partial charge < -0.3 is 14.2 Å². The third-order valence-corrected chi connectivity index (χ3v) is 6.88. The van der Waals surface area contributed by atoms with E-state index in [-0.39, 0.29) is 29.7 Å². The number of fused-ring (bicyclic) bond motifs is 3. The number of ether oxygens (including phenoxy) is 3. The van der Waals surface area contributed by atoms with Crippen LogP contribution in [0.15, 0.2) is 0 Å². The molecule has 5 nitrogen and oxygen atoms in total. The van der Waals surface area contributed by atoms with Crippen LogP contribution in [0.25, 0.3) is 0 Å². The van der Waals surface area contributed by atoms with Crippen molar-refractivity contribution >= 4 is 11.9 Å². The fourth-order valence-corrected chi connectivity index (χ4v) is 4.56. The summed E-state index contributed by atoms with van der Waals surface area (Å²) in [6.45, 7) is 7.83. The second kappa shape index (κ2) is 3.45. The Kier molecular flexibility index (Phi) is 2.23. The Morgan fingerprint density at radius 2 is 1.90 bits per heavy atom. The molecule has 0 amide bonds. The largest absolute Gasteiger partial charge is 0.457 e. The Hall–Kier alpha value is -1.10. The standard InChI is InChI=1S/C16H22O5/c1-13(2)14(3)7-8-16(13,21-11(14)17)12(18)19-9-5-6-15(4)10(9)20-15/h9-10H,5-8H2,1-4H3/t9-,10+,14?,15-,16?/m1/s1. The van der Waals surface area contributed by atoms with Crippen LogP contribution in [0.3, 0.4) is 0 Å². The molecule has 5 heteroatoms. The van der Waals surface area contributed by atoms with Crippen LogP contribution in [-0.4, -0.2) is 35.3 Å². The molecule has 5 atom stereocenters. The molecule has 4 fully saturated rings. The van der Waals surface area contributed by atoms with E-state index in [1.165, 1.54) is 0 Å². The predicted molar refractivity (Wildman–Crippen MR) is 72.3 cm³/mol. The highest BCUT2D eigenvalue weighted by atomic mass is 16.7. The van der Waals surface area contributed by atoms with Gasteiger partial charge in [-0.2, -0.15) is 0 Å². The minimum absolute atomic E-state index is 0.0193. The third kappa shape index (κ3) is 1.32. The van der Waals surface area contributed by atoms with E-state index in [2.05, 4.69) is 6.92 Å². The van der Waals surface area contributed by atoms with Gasteiger partial charge >= 0.3 is 11.9 Å². The van der Waals surface area contributed by atoms with Crippen molar-refractivity contribution in [2.75, 3.05) is 0 Å². The monoisotopic (exact) mass is 294 g/mol. The number of epoxide rings is 1. The highest BCUT2D eigenvalue weighted by molar-refractivity contribution is 5.93. The van der Waals surface area contributed by atoms with Crippen molar-refractivity contribution < 1.29 is 23.8 Å². The number of rotatable bonds is 2. The fraction of sp³-hybridized carbons (Fsp3) is 0.875. The van der Waals surface area contributed by atoms with Gasteiger partial charge in [-0.15, -0.1) is 0 Å². The van der Waals surface area contributed by atoms with Gasteiger partial charge in [0.05, 0.1) is 11.0 Å². The molecule has 0 aromatic heterocycles. The third-order valence-electron chi connectivity index (χ3n) is 6.88. The Bertz CT molecular complexity index is 555. The van der Waals surface area contributed by atoms with E-state index in [1.54, 1.807) is 0 Å². The Labute approximate surface area is 124 Å². The molecule has 0 aromatic carbocycles. The van der Waals surface area contributed by atoms with Crippen LogP contribution in [0, 0.1) is 10.8 Å². The average molecular weight is 294 g/mol. The molecule has 2 saturated heterocycles. The van der Waals surface area contributed by atoms with Crippen LogP contribution < -0.4 is 0 Å². The van der Waals surface area contributed by atoms with Gasteiger partial charge in [0, 0.05) is 5.41 Å². The smallest absolute Gasteiger partial charge is 0.351 e. The molecule has 116 valence electrons. The van der Waals surface area contributed by atoms with Crippen LogP contribution >= 0.6 is 0 Å². The highest BCUT2D eigenvalue weighted by Crippen LogP contribution is 2.66. The number of carbonyl (C=O) groups excluding carboxylic acids is 2. The predicted octanol–water partition coefficient (Wildman–Crippen LogP) is 1.97. The summed E-state index contributed by atoms with van der Waals surface area (Å²) in [5, 5.41) is 0. The summed E-state index contributed by atoms with van der Waals surface area (Å²) in [6.07, 6.45) is 2.80. The van der Waals surface area contributed by atoms with Gasteiger partial charge in [0.1, 0.15) is 12.2 Å². The van der Waals surface area contributed by atoms with E-state index in [0.717, 1.165) is 12.8 Å². The second-order valence-electron chi connectivity index (χ2n) is 8.01. The fourth-order valence-electron chi connectivity index (χ4n) is 4.56. The van der Waals surface area contributed by atoms with E-state index in [0.29, 0.717) is 12.8 Å². The molecule has 2 aliphatic heterocycles. The lowest BCUT2D eigenvalue weighted by Gasteiger charge is -2.35. The second-order valence-corrected chi connectivity index (χ2v) is 8.01. The van der Waals surface area contributed by atoms with Crippen LogP contribution in [-0.2, 0) is 23.8 Å². The molecule has 2 heterocycles. The SMILES string of the molecule is CC12CCC(C(=O)O[C@@H]3CC[C@@]4(C)O[C@@H]34)(OC1=O)C2(C)C. The van der Waals surface area contributed by atoms with Crippen LogP contribution in [0.2, 0.25) is 0 Å². The van der Waals surface area contributed by atoms with Crippen molar-refractivity contribution in [3.05, 3.63) is 0 Å². The zero-order chi connectivity index (χ0) is 15.3. The number of hydrogen-bond acceptors (Lipinski definition) is 5. The molecule has 2 bridgehead atoms. The highest BCUT2D eigenvalue weighted by Gasteiger charge is 2.77. The lowest BCUT2D eigenvalue weighted by molar-refractivity contribution is -0.188. The zero-order valence-corrected chi connectivity index (χ0v) is 13.0. The molecule has 0 spiro atoms. The molecule has 0 aromatic rings. The van der Waals surface area contributed by atoms with Gasteiger partial charge in [0.15, 0.2) is 0 Å². The summed E-state index contributed by atoms with van der Waals surface area (Å²) in [6, 6.07) is 0. The number of esters is 2. The quantitative estimate of drug-likeness (QED) is 0.575. The summed E-state index contributed by atoms with van der Waals surface area (Å²) in [7, 11) is 0. The van der Waals surface area contributed by atoms with Crippen molar-refractivity contribution in [1.29, 1.82) is 0 Å². The minimum Gasteiger partial charge on any atom is -0.457 e. The summed E-state index contributed by atoms with van der Waals surface area (Å²) in [4.78, 5) is 25.0. The summed E-state index contributed by atoms with van der Waals surface area (Å²) < 4.78 is 16.9. The van der Waals surface area contributed by atoms with E-state index in [1.807, 2.05) is 20.8 Å². The van der Waals surface area contributed by atoms with Crippen molar-refractivity contribution in [2.24, 2.45) is 10.8 Å². The van der Waals surface area contributed by atoms with Gasteiger partial charge in [-0.25, -0.2) is 4.79 Å². The molecule has 2 saturated carbocycles. The Morgan fingerprint density at radius 3 is 2.33 bits per heavy atom. The van der Waals surface area contributed by atoms with Gasteiger partial charge in [0.2, 0.25) is 5.60 Å². The van der Waals surface area contributed by atoms with E-state index in [9.17, 15) is 9.59 Å². The van der Waals surface area contributed by atoms with Gasteiger partial charge in [-0.3, -0.25) is 4.79 Å². The Balaban J connectivity index is 1.59. The molecule has 0 radical (unpaired) electrons. The van der Waals surface area contributed by atoms with Crippen molar-refractivity contribution in [1.82, 2.24) is 0 Å². The summed E-state index contributed by atoms with van der Waals surface area (Å²) in [5.41, 5.74) is -2.35. The topological polar surface area (TPSA) is 65.1 Å². The van der Waals surface area contributed by atoms with E-state index < -0.39 is 16.4 Å². The molecular weight excluding hydrogens is 272 g/mol. The van der Waals surface area contributed by atoms with Gasteiger partial charge in [-0.05, 0) is 39.5 Å². The first-order valence-electron chi connectivity index (χ1n) is 7.79. The van der Waals surface area contributed by atoms with Crippen LogP contribution in [0.1, 0.15) is 53.4 Å². The van der Waals surface area contributed by atoms with Crippen LogP contribution in [0.4, 0.5) is 0 Å². The number of carbonyl (C=O) groups is 2. The van der Waals surface area contributed by atoms with Crippen LogP contribution in [0.5, 0.6) is 0 Å².